The van der Waals surface area contributed by atoms with Gasteiger partial charge in [-0.15, -0.1) is 0 Å². The standard InChI is InChI=1S/C23H33N2O2P/c1-8-26-28(27-9-2)25-22(24-21-17(3)11-10-12-18(21)4)19-13-15-20(16-14-19)23(5,6)7/h10-16H,8-9H2,1-7H3,(H,24,25). The van der Waals surface area contributed by atoms with Gasteiger partial charge in [0.2, 0.25) is 0 Å². The second-order valence-electron chi connectivity index (χ2n) is 7.73. The molecule has 0 saturated heterocycles. The van der Waals surface area contributed by atoms with Crippen molar-refractivity contribution in [2.24, 2.45) is 4.99 Å². The molecule has 0 saturated carbocycles. The molecule has 0 aromatic heterocycles. The summed E-state index contributed by atoms with van der Waals surface area (Å²) < 4.78 is 11.5. The summed E-state index contributed by atoms with van der Waals surface area (Å²) in [6.45, 7) is 15.9. The minimum absolute atomic E-state index is 0.110. The highest BCUT2D eigenvalue weighted by atomic mass is 31.2. The first-order valence-electron chi connectivity index (χ1n) is 9.84. The predicted octanol–water partition coefficient (Wildman–Crippen LogP) is 6.57. The molecular formula is C23H33N2O2P. The zero-order valence-electron chi connectivity index (χ0n) is 18.2. The molecule has 2 aromatic rings. The molecule has 1 N–H and O–H groups in total. The Hall–Kier alpha value is -1.74. The van der Waals surface area contributed by atoms with E-state index in [2.05, 4.69) is 82.2 Å². The lowest BCUT2D eigenvalue weighted by molar-refractivity contribution is 0.266. The van der Waals surface area contributed by atoms with E-state index in [1.54, 1.807) is 0 Å². The van der Waals surface area contributed by atoms with Gasteiger partial charge in [0.05, 0.1) is 18.9 Å². The molecule has 0 heterocycles. The normalized spacial score (nSPS) is 12.5. The fraction of sp³-hybridized carbons (Fsp3) is 0.435. The summed E-state index contributed by atoms with van der Waals surface area (Å²) in [5.41, 5.74) is 5.68. The maximum atomic E-state index is 5.76. The van der Waals surface area contributed by atoms with E-state index in [9.17, 15) is 0 Å². The largest absolute Gasteiger partial charge is 0.318 e. The maximum Gasteiger partial charge on any atom is 0.288 e. The smallest absolute Gasteiger partial charge is 0.288 e. The zero-order chi connectivity index (χ0) is 20.7. The summed E-state index contributed by atoms with van der Waals surface area (Å²) in [5.74, 6) is 0.769. The van der Waals surface area contributed by atoms with Gasteiger partial charge in [0.1, 0.15) is 5.84 Å². The topological polar surface area (TPSA) is 42.8 Å². The highest BCUT2D eigenvalue weighted by Gasteiger charge is 2.17. The van der Waals surface area contributed by atoms with E-state index in [4.69, 9.17) is 14.0 Å². The van der Waals surface area contributed by atoms with Gasteiger partial charge in [-0.25, -0.2) is 4.99 Å². The number of benzene rings is 2. The Balaban J connectivity index is 2.48. The van der Waals surface area contributed by atoms with Crippen LogP contribution in [-0.2, 0) is 14.5 Å². The molecule has 0 bridgehead atoms. The molecule has 0 aliphatic carbocycles. The van der Waals surface area contributed by atoms with Gasteiger partial charge in [0.25, 0.3) is 8.53 Å². The average molecular weight is 401 g/mol. The summed E-state index contributed by atoms with van der Waals surface area (Å²) >= 11 is 0. The second kappa shape index (κ2) is 10.2. The molecule has 28 heavy (non-hydrogen) atoms. The van der Waals surface area contributed by atoms with Gasteiger partial charge < -0.3 is 14.1 Å². The van der Waals surface area contributed by atoms with E-state index >= 15 is 0 Å². The predicted molar refractivity (Wildman–Crippen MR) is 121 cm³/mol. The molecular weight excluding hydrogens is 367 g/mol. The van der Waals surface area contributed by atoms with Crippen LogP contribution in [0.4, 0.5) is 5.69 Å². The van der Waals surface area contributed by atoms with E-state index < -0.39 is 8.53 Å². The molecule has 0 unspecified atom stereocenters. The van der Waals surface area contributed by atoms with Crippen LogP contribution in [0.5, 0.6) is 0 Å². The van der Waals surface area contributed by atoms with Crippen molar-refractivity contribution in [3.63, 3.8) is 0 Å². The number of para-hydroxylation sites is 1. The van der Waals surface area contributed by atoms with Crippen LogP contribution in [0.2, 0.25) is 0 Å². The monoisotopic (exact) mass is 400 g/mol. The van der Waals surface area contributed by atoms with Gasteiger partial charge in [0.15, 0.2) is 0 Å². The third-order valence-electron chi connectivity index (χ3n) is 4.38. The van der Waals surface area contributed by atoms with Gasteiger partial charge in [0, 0.05) is 5.56 Å². The van der Waals surface area contributed by atoms with Crippen molar-refractivity contribution >= 4 is 20.0 Å². The summed E-state index contributed by atoms with van der Waals surface area (Å²) in [6.07, 6.45) is 0. The van der Waals surface area contributed by atoms with Crippen molar-refractivity contribution in [1.29, 1.82) is 0 Å². The maximum absolute atomic E-state index is 5.76. The molecule has 0 atom stereocenters. The van der Waals surface area contributed by atoms with Crippen molar-refractivity contribution in [3.8, 4) is 0 Å². The van der Waals surface area contributed by atoms with E-state index in [0.29, 0.717) is 13.2 Å². The lowest BCUT2D eigenvalue weighted by Crippen LogP contribution is -2.22. The number of aliphatic imine (C=N–C) groups is 1. The molecule has 0 amide bonds. The lowest BCUT2D eigenvalue weighted by atomic mass is 9.86. The first-order valence-corrected chi connectivity index (χ1v) is 11.0. The first-order chi connectivity index (χ1) is 13.3. The summed E-state index contributed by atoms with van der Waals surface area (Å²) in [4.78, 5) is 4.99. The SMILES string of the molecule is CCOP(NC(=Nc1c(C)cccc1C)c1ccc(C(C)(C)C)cc1)OCC. The Morgan fingerprint density at radius 2 is 1.46 bits per heavy atom. The molecule has 5 heteroatoms. The average Bonchev–Trinajstić information content (AvgIpc) is 2.63. The molecule has 0 aliphatic rings. The van der Waals surface area contributed by atoms with Crippen molar-refractivity contribution in [1.82, 2.24) is 5.09 Å². The molecule has 0 aliphatic heterocycles. The van der Waals surface area contributed by atoms with Crippen molar-refractivity contribution in [3.05, 3.63) is 64.7 Å². The third-order valence-corrected chi connectivity index (χ3v) is 5.76. The fourth-order valence-corrected chi connectivity index (χ4v) is 3.82. The second-order valence-corrected chi connectivity index (χ2v) is 8.99. The number of hydrogen-bond donors (Lipinski definition) is 1. The Bertz CT molecular complexity index is 769. The van der Waals surface area contributed by atoms with Gasteiger partial charge in [-0.2, -0.15) is 0 Å². The molecule has 0 radical (unpaired) electrons. The summed E-state index contributed by atoms with van der Waals surface area (Å²) in [7, 11) is -1.25. The third kappa shape index (κ3) is 6.13. The van der Waals surface area contributed by atoms with Crippen molar-refractivity contribution in [2.45, 2.75) is 53.9 Å². The van der Waals surface area contributed by atoms with Crippen LogP contribution in [0.1, 0.15) is 56.9 Å². The van der Waals surface area contributed by atoms with Gasteiger partial charge in [-0.3, -0.25) is 0 Å². The van der Waals surface area contributed by atoms with E-state index in [1.807, 2.05) is 13.8 Å². The highest BCUT2D eigenvalue weighted by molar-refractivity contribution is 7.45. The Morgan fingerprint density at radius 3 is 1.93 bits per heavy atom. The zero-order valence-corrected chi connectivity index (χ0v) is 19.1. The Kier molecular flexibility index (Phi) is 8.18. The molecule has 2 aromatic carbocycles. The minimum Gasteiger partial charge on any atom is -0.318 e. The van der Waals surface area contributed by atoms with Gasteiger partial charge >= 0.3 is 0 Å². The number of hydrogen-bond acceptors (Lipinski definition) is 3. The number of amidine groups is 1. The van der Waals surface area contributed by atoms with Crippen LogP contribution < -0.4 is 5.09 Å². The number of nitrogens with zero attached hydrogens (tertiary/aromatic N) is 1. The van der Waals surface area contributed by atoms with Crippen molar-refractivity contribution in [2.75, 3.05) is 13.2 Å². The summed E-state index contributed by atoms with van der Waals surface area (Å²) in [5, 5.41) is 3.40. The fourth-order valence-electron chi connectivity index (χ4n) is 2.80. The quantitative estimate of drug-likeness (QED) is 0.325. The van der Waals surface area contributed by atoms with Crippen LogP contribution in [-0.4, -0.2) is 19.0 Å². The van der Waals surface area contributed by atoms with Crippen LogP contribution >= 0.6 is 8.53 Å². The minimum atomic E-state index is -1.25. The van der Waals surface area contributed by atoms with Crippen LogP contribution in [0.3, 0.4) is 0 Å². The van der Waals surface area contributed by atoms with Gasteiger partial charge in [-0.1, -0.05) is 63.2 Å². The molecule has 2 rings (SSSR count). The molecule has 0 spiro atoms. The highest BCUT2D eigenvalue weighted by Crippen LogP contribution is 2.35. The molecule has 152 valence electrons. The Labute approximate surface area is 171 Å². The number of rotatable bonds is 7. The van der Waals surface area contributed by atoms with E-state index in [0.717, 1.165) is 28.2 Å². The van der Waals surface area contributed by atoms with E-state index in [-0.39, 0.29) is 5.41 Å². The van der Waals surface area contributed by atoms with Gasteiger partial charge in [-0.05, 0) is 49.8 Å². The number of nitrogens with one attached hydrogen (secondary N) is 1. The van der Waals surface area contributed by atoms with Crippen LogP contribution in [0, 0.1) is 13.8 Å². The van der Waals surface area contributed by atoms with Crippen LogP contribution in [0.25, 0.3) is 0 Å². The molecule has 0 fully saturated rings. The van der Waals surface area contributed by atoms with Crippen LogP contribution in [0.15, 0.2) is 47.5 Å². The Morgan fingerprint density at radius 1 is 0.929 bits per heavy atom. The molecule has 4 nitrogen and oxygen atoms in total. The lowest BCUT2D eigenvalue weighted by Gasteiger charge is -2.21. The first kappa shape index (κ1) is 22.5. The van der Waals surface area contributed by atoms with E-state index in [1.165, 1.54) is 5.56 Å². The number of aryl methyl sites for hydroxylation is 2. The van der Waals surface area contributed by atoms with Crippen molar-refractivity contribution < 1.29 is 9.05 Å². The summed E-state index contributed by atoms with van der Waals surface area (Å²) in [6, 6.07) is 14.8.